The number of unbranched alkanes of at least 4 members (excludes halogenated alkanes) is 3. The molecular weight excluding hydrogens is 296 g/mol. The Morgan fingerprint density at radius 3 is 2.83 bits per heavy atom. The largest absolute Gasteiger partial charge is 0.465 e. The van der Waals surface area contributed by atoms with Crippen LogP contribution in [0.2, 0.25) is 0 Å². The number of hydrogen-bond donors (Lipinski definition) is 1. The molecule has 0 aliphatic carbocycles. The Kier molecular flexibility index (Phi) is 6.72. The zero-order valence-electron chi connectivity index (χ0n) is 13.8. The normalized spacial score (nSPS) is 13.0. The third-order valence-corrected chi connectivity index (χ3v) is 3.40. The Morgan fingerprint density at radius 2 is 2.04 bits per heavy atom. The number of rotatable bonds is 7. The van der Waals surface area contributed by atoms with Gasteiger partial charge in [-0.15, -0.1) is 0 Å². The highest BCUT2D eigenvalue weighted by molar-refractivity contribution is 6.04. The Labute approximate surface area is 136 Å². The van der Waals surface area contributed by atoms with Gasteiger partial charge in [-0.1, -0.05) is 26.2 Å². The predicted molar refractivity (Wildman–Crippen MR) is 88.1 cm³/mol. The third-order valence-electron chi connectivity index (χ3n) is 3.40. The fourth-order valence-electron chi connectivity index (χ4n) is 2.18. The van der Waals surface area contributed by atoms with Crippen LogP contribution in [0.5, 0.6) is 11.5 Å². The molecule has 23 heavy (non-hydrogen) atoms. The molecular formula is C17H24N2O4. The zero-order valence-corrected chi connectivity index (χ0v) is 13.8. The lowest BCUT2D eigenvalue weighted by Gasteiger charge is -2.09. The van der Waals surface area contributed by atoms with Gasteiger partial charge in [0.2, 0.25) is 6.79 Å². The first-order valence-corrected chi connectivity index (χ1v) is 8.12. The second-order valence-corrected chi connectivity index (χ2v) is 5.20. The van der Waals surface area contributed by atoms with E-state index in [9.17, 15) is 4.79 Å². The van der Waals surface area contributed by atoms with Crippen molar-refractivity contribution in [3.8, 4) is 11.5 Å². The van der Waals surface area contributed by atoms with E-state index in [4.69, 9.17) is 14.2 Å². The molecule has 1 aliphatic rings. The van der Waals surface area contributed by atoms with E-state index in [1.807, 2.05) is 6.92 Å². The molecule has 1 amide bonds. The quantitative estimate of drug-likeness (QED) is 0.476. The first-order chi connectivity index (χ1) is 11.2. The molecule has 6 heteroatoms. The van der Waals surface area contributed by atoms with E-state index in [0.29, 0.717) is 30.2 Å². The van der Waals surface area contributed by atoms with Crippen molar-refractivity contribution in [2.24, 2.45) is 4.99 Å². The van der Waals surface area contributed by atoms with Crippen LogP contribution in [0.1, 0.15) is 49.9 Å². The van der Waals surface area contributed by atoms with Crippen LogP contribution in [0.25, 0.3) is 0 Å². The Hall–Kier alpha value is -2.24. The van der Waals surface area contributed by atoms with Crippen LogP contribution in [-0.2, 0) is 4.74 Å². The molecule has 0 spiro atoms. The van der Waals surface area contributed by atoms with Gasteiger partial charge < -0.3 is 14.2 Å². The molecule has 1 N–H and O–H groups in total. The second kappa shape index (κ2) is 9.02. The van der Waals surface area contributed by atoms with Crippen LogP contribution >= 0.6 is 0 Å². The van der Waals surface area contributed by atoms with Crippen molar-refractivity contribution >= 4 is 11.9 Å². The number of carbonyl (C=O) groups is 1. The molecule has 1 aromatic rings. The van der Waals surface area contributed by atoms with Crippen molar-refractivity contribution < 1.29 is 19.0 Å². The molecule has 2 rings (SSSR count). The summed E-state index contributed by atoms with van der Waals surface area (Å²) in [5.41, 5.74) is 0.479. The average molecular weight is 320 g/mol. The van der Waals surface area contributed by atoms with Crippen molar-refractivity contribution in [1.29, 1.82) is 0 Å². The van der Waals surface area contributed by atoms with Crippen molar-refractivity contribution in [2.45, 2.75) is 39.5 Å². The van der Waals surface area contributed by atoms with Crippen LogP contribution in [0, 0.1) is 0 Å². The summed E-state index contributed by atoms with van der Waals surface area (Å²) >= 11 is 0. The highest BCUT2D eigenvalue weighted by atomic mass is 16.7. The number of benzene rings is 1. The number of aliphatic imine (C=N–C) groups is 1. The number of fused-ring (bicyclic) bond motifs is 1. The number of amidine groups is 1. The minimum Gasteiger partial charge on any atom is -0.465 e. The van der Waals surface area contributed by atoms with Crippen molar-refractivity contribution in [3.63, 3.8) is 0 Å². The van der Waals surface area contributed by atoms with Gasteiger partial charge >= 0.3 is 0 Å². The van der Waals surface area contributed by atoms with Gasteiger partial charge in [-0.05, 0) is 31.5 Å². The molecule has 126 valence electrons. The van der Waals surface area contributed by atoms with Gasteiger partial charge in [0.05, 0.1) is 6.61 Å². The average Bonchev–Trinajstić information content (AvgIpc) is 3.02. The van der Waals surface area contributed by atoms with E-state index >= 15 is 0 Å². The van der Waals surface area contributed by atoms with E-state index in [-0.39, 0.29) is 18.7 Å². The zero-order chi connectivity index (χ0) is 16.5. The lowest BCUT2D eigenvalue weighted by molar-refractivity contribution is 0.0965. The van der Waals surface area contributed by atoms with Gasteiger partial charge in [0.15, 0.2) is 11.5 Å². The van der Waals surface area contributed by atoms with Crippen molar-refractivity contribution in [1.82, 2.24) is 5.32 Å². The fraction of sp³-hybridized carbons (Fsp3) is 0.529. The number of nitrogens with zero attached hydrogens (tertiary/aromatic N) is 1. The summed E-state index contributed by atoms with van der Waals surface area (Å²) in [5, 5.41) is 2.71. The number of nitrogens with one attached hydrogen (secondary N) is 1. The molecule has 0 unspecified atom stereocenters. The van der Waals surface area contributed by atoms with Gasteiger partial charge in [0.1, 0.15) is 0 Å². The summed E-state index contributed by atoms with van der Waals surface area (Å²) < 4.78 is 15.9. The standard InChI is InChI=1S/C17H24N2O4/c1-3-5-6-7-10-18-17(21-4-2)19-16(20)13-8-9-14-15(11-13)23-12-22-14/h8-9,11H,3-7,10,12H2,1-2H3,(H,18,19,20). The maximum Gasteiger partial charge on any atom is 0.291 e. The van der Waals surface area contributed by atoms with Crippen LogP contribution in [0.3, 0.4) is 0 Å². The maximum absolute atomic E-state index is 12.3. The Morgan fingerprint density at radius 1 is 1.22 bits per heavy atom. The number of hydrogen-bond acceptors (Lipinski definition) is 5. The summed E-state index contributed by atoms with van der Waals surface area (Å²) in [7, 11) is 0. The molecule has 1 aliphatic heterocycles. The van der Waals surface area contributed by atoms with Crippen molar-refractivity contribution in [2.75, 3.05) is 19.9 Å². The first kappa shape index (κ1) is 17.1. The minimum absolute atomic E-state index is 0.184. The van der Waals surface area contributed by atoms with Gasteiger partial charge in [-0.2, -0.15) is 0 Å². The number of carbonyl (C=O) groups excluding carboxylic acids is 1. The molecule has 0 radical (unpaired) electrons. The van der Waals surface area contributed by atoms with E-state index in [1.165, 1.54) is 12.8 Å². The molecule has 1 heterocycles. The molecule has 0 saturated heterocycles. The monoisotopic (exact) mass is 320 g/mol. The van der Waals surface area contributed by atoms with Gasteiger partial charge in [-0.25, -0.2) is 4.99 Å². The fourth-order valence-corrected chi connectivity index (χ4v) is 2.18. The minimum atomic E-state index is -0.274. The molecule has 0 aromatic heterocycles. The van der Waals surface area contributed by atoms with E-state index < -0.39 is 0 Å². The lowest BCUT2D eigenvalue weighted by Crippen LogP contribution is -2.32. The van der Waals surface area contributed by atoms with E-state index in [2.05, 4.69) is 17.2 Å². The second-order valence-electron chi connectivity index (χ2n) is 5.20. The molecule has 1 aromatic carbocycles. The van der Waals surface area contributed by atoms with Gasteiger partial charge in [-0.3, -0.25) is 10.1 Å². The smallest absolute Gasteiger partial charge is 0.291 e. The van der Waals surface area contributed by atoms with Crippen LogP contribution in [0.15, 0.2) is 23.2 Å². The topological polar surface area (TPSA) is 69.2 Å². The van der Waals surface area contributed by atoms with Gasteiger partial charge in [0, 0.05) is 12.1 Å². The highest BCUT2D eigenvalue weighted by Gasteiger charge is 2.17. The first-order valence-electron chi connectivity index (χ1n) is 8.12. The van der Waals surface area contributed by atoms with E-state index in [0.717, 1.165) is 12.8 Å². The summed E-state index contributed by atoms with van der Waals surface area (Å²) in [4.78, 5) is 16.6. The van der Waals surface area contributed by atoms with Crippen LogP contribution in [-0.4, -0.2) is 31.9 Å². The van der Waals surface area contributed by atoms with Crippen molar-refractivity contribution in [3.05, 3.63) is 23.8 Å². The number of amides is 1. The SMILES string of the molecule is CCCCCCN=C(NC(=O)c1ccc2c(c1)OCO2)OCC. The summed E-state index contributed by atoms with van der Waals surface area (Å²) in [6.45, 7) is 5.32. The highest BCUT2D eigenvalue weighted by Crippen LogP contribution is 2.32. The molecule has 0 saturated carbocycles. The third kappa shape index (κ3) is 5.16. The Balaban J connectivity index is 1.93. The van der Waals surface area contributed by atoms with Crippen LogP contribution in [0.4, 0.5) is 0 Å². The van der Waals surface area contributed by atoms with Crippen LogP contribution < -0.4 is 14.8 Å². The summed E-state index contributed by atoms with van der Waals surface area (Å²) in [6.07, 6.45) is 4.51. The summed E-state index contributed by atoms with van der Waals surface area (Å²) in [5.74, 6) is 0.951. The number of ether oxygens (including phenoxy) is 3. The van der Waals surface area contributed by atoms with Gasteiger partial charge in [0.25, 0.3) is 11.9 Å². The predicted octanol–water partition coefficient (Wildman–Crippen LogP) is 3.12. The molecule has 0 bridgehead atoms. The summed E-state index contributed by atoms with van der Waals surface area (Å²) in [6, 6.07) is 5.34. The molecule has 0 fully saturated rings. The maximum atomic E-state index is 12.3. The molecule has 0 atom stereocenters. The molecule has 6 nitrogen and oxygen atoms in total. The lowest BCUT2D eigenvalue weighted by atomic mass is 10.2. The Bertz CT molecular complexity index is 558. The van der Waals surface area contributed by atoms with E-state index in [1.54, 1.807) is 18.2 Å².